The minimum atomic E-state index is 0. The summed E-state index contributed by atoms with van der Waals surface area (Å²) in [6.07, 6.45) is 7.15. The van der Waals surface area contributed by atoms with Crippen molar-refractivity contribution in [2.24, 2.45) is 5.92 Å². The van der Waals surface area contributed by atoms with Gasteiger partial charge >= 0.3 is 0 Å². The summed E-state index contributed by atoms with van der Waals surface area (Å²) in [5.41, 5.74) is 1.55. The van der Waals surface area contributed by atoms with Gasteiger partial charge in [-0.1, -0.05) is 49.6 Å². The molecule has 126 valence electrons. The maximum absolute atomic E-state index is 2.76. The van der Waals surface area contributed by atoms with Crippen molar-refractivity contribution >= 4 is 24.8 Å². The van der Waals surface area contributed by atoms with Crippen molar-refractivity contribution in [3.8, 4) is 0 Å². The van der Waals surface area contributed by atoms with Gasteiger partial charge in [0.25, 0.3) is 0 Å². The number of nitrogens with zero attached hydrogens (tertiary/aromatic N) is 2. The number of halogens is 2. The minimum absolute atomic E-state index is 0. The molecule has 1 aliphatic carbocycles. The molecule has 1 heterocycles. The third-order valence-electron chi connectivity index (χ3n) is 5.17. The molecule has 4 heteroatoms. The summed E-state index contributed by atoms with van der Waals surface area (Å²) in [7, 11) is 2.25. The van der Waals surface area contributed by atoms with Crippen LogP contribution < -0.4 is 0 Å². The van der Waals surface area contributed by atoms with E-state index in [1.165, 1.54) is 58.3 Å². The summed E-state index contributed by atoms with van der Waals surface area (Å²) >= 11 is 0. The van der Waals surface area contributed by atoms with Gasteiger partial charge in [-0.2, -0.15) is 0 Å². The molecule has 0 amide bonds. The lowest BCUT2D eigenvalue weighted by molar-refractivity contribution is 0.0670. The van der Waals surface area contributed by atoms with Crippen molar-refractivity contribution in [1.29, 1.82) is 0 Å². The lowest BCUT2D eigenvalue weighted by Gasteiger charge is -2.43. The van der Waals surface area contributed by atoms with E-state index in [1.54, 1.807) is 5.56 Å². The van der Waals surface area contributed by atoms with Crippen LogP contribution in [0, 0.1) is 5.92 Å². The molecular formula is C18H30Cl2N2. The first-order chi connectivity index (χ1) is 9.84. The molecule has 22 heavy (non-hydrogen) atoms. The second-order valence-corrected chi connectivity index (χ2v) is 6.59. The molecule has 1 aliphatic heterocycles. The molecule has 1 saturated carbocycles. The van der Waals surface area contributed by atoms with E-state index < -0.39 is 0 Å². The van der Waals surface area contributed by atoms with Gasteiger partial charge < -0.3 is 4.90 Å². The standard InChI is InChI=1S/C18H28N2.2ClH/c1-19-12-14-20(15-13-19)18(16-8-4-2-5-9-16)17-10-6-3-7-11-17;;/h2,4-5,8-9,17-18H,3,6-7,10-15H2,1H3;2*1H. The number of likely N-dealkylation sites (N-methyl/N-ethyl adjacent to an activating group) is 1. The van der Waals surface area contributed by atoms with E-state index in [2.05, 4.69) is 47.2 Å². The van der Waals surface area contributed by atoms with Crippen molar-refractivity contribution in [2.45, 2.75) is 38.1 Å². The van der Waals surface area contributed by atoms with Crippen LogP contribution in [0.5, 0.6) is 0 Å². The zero-order valence-electron chi connectivity index (χ0n) is 13.6. The molecule has 1 unspecified atom stereocenters. The number of benzene rings is 1. The summed E-state index contributed by atoms with van der Waals surface area (Å²) in [6, 6.07) is 11.9. The molecule has 0 spiro atoms. The van der Waals surface area contributed by atoms with Gasteiger partial charge in [-0.25, -0.2) is 0 Å². The molecule has 0 aromatic heterocycles. The van der Waals surface area contributed by atoms with Crippen LogP contribution in [0.4, 0.5) is 0 Å². The van der Waals surface area contributed by atoms with E-state index in [0.717, 1.165) is 5.92 Å². The Labute approximate surface area is 148 Å². The number of rotatable bonds is 3. The average molecular weight is 345 g/mol. The van der Waals surface area contributed by atoms with E-state index in [9.17, 15) is 0 Å². The molecule has 2 fully saturated rings. The Kier molecular flexibility index (Phi) is 8.78. The van der Waals surface area contributed by atoms with Crippen molar-refractivity contribution < 1.29 is 0 Å². The van der Waals surface area contributed by atoms with Crippen LogP contribution in [0.2, 0.25) is 0 Å². The van der Waals surface area contributed by atoms with E-state index in [0.29, 0.717) is 6.04 Å². The Balaban J connectivity index is 0.00000121. The first-order valence-electron chi connectivity index (χ1n) is 8.32. The van der Waals surface area contributed by atoms with Gasteiger partial charge in [-0.05, 0) is 31.4 Å². The lowest BCUT2D eigenvalue weighted by Crippen LogP contribution is -2.47. The average Bonchev–Trinajstić information content (AvgIpc) is 2.52. The molecule has 2 aliphatic rings. The molecule has 0 N–H and O–H groups in total. The Morgan fingerprint density at radius 3 is 2.05 bits per heavy atom. The van der Waals surface area contributed by atoms with Gasteiger partial charge in [0.05, 0.1) is 0 Å². The predicted octanol–water partition coefficient (Wildman–Crippen LogP) is 4.40. The Morgan fingerprint density at radius 2 is 1.45 bits per heavy atom. The van der Waals surface area contributed by atoms with E-state index >= 15 is 0 Å². The Hall–Kier alpha value is -0.280. The quantitative estimate of drug-likeness (QED) is 0.801. The second kappa shape index (κ2) is 9.77. The molecular weight excluding hydrogens is 315 g/mol. The molecule has 1 aromatic carbocycles. The normalized spacial score (nSPS) is 22.4. The molecule has 1 aromatic rings. The SMILES string of the molecule is CN1CCN(C(c2ccccc2)C2CCCCC2)CC1.Cl.Cl. The zero-order chi connectivity index (χ0) is 13.8. The van der Waals surface area contributed by atoms with Gasteiger partial charge in [-0.3, -0.25) is 4.90 Å². The topological polar surface area (TPSA) is 6.48 Å². The number of hydrogen-bond donors (Lipinski definition) is 0. The Bertz CT molecular complexity index is 399. The van der Waals surface area contributed by atoms with Gasteiger partial charge in [0.15, 0.2) is 0 Å². The molecule has 1 atom stereocenters. The highest BCUT2D eigenvalue weighted by molar-refractivity contribution is 5.85. The molecule has 1 saturated heterocycles. The highest BCUT2D eigenvalue weighted by Gasteiger charge is 2.31. The molecule has 2 nitrogen and oxygen atoms in total. The fourth-order valence-corrected chi connectivity index (χ4v) is 3.98. The second-order valence-electron chi connectivity index (χ2n) is 6.59. The summed E-state index contributed by atoms with van der Waals surface area (Å²) < 4.78 is 0. The smallest absolute Gasteiger partial charge is 0.0377 e. The summed E-state index contributed by atoms with van der Waals surface area (Å²) in [4.78, 5) is 5.21. The van der Waals surface area contributed by atoms with Crippen molar-refractivity contribution in [2.75, 3.05) is 33.2 Å². The van der Waals surface area contributed by atoms with Gasteiger partial charge in [0, 0.05) is 32.2 Å². The van der Waals surface area contributed by atoms with Crippen LogP contribution in [0.1, 0.15) is 43.7 Å². The first-order valence-corrected chi connectivity index (χ1v) is 8.32. The zero-order valence-corrected chi connectivity index (χ0v) is 15.2. The van der Waals surface area contributed by atoms with Crippen LogP contribution in [-0.4, -0.2) is 43.0 Å². The van der Waals surface area contributed by atoms with Crippen molar-refractivity contribution in [3.05, 3.63) is 35.9 Å². The van der Waals surface area contributed by atoms with Crippen LogP contribution >= 0.6 is 24.8 Å². The van der Waals surface area contributed by atoms with Crippen LogP contribution in [0.15, 0.2) is 30.3 Å². The van der Waals surface area contributed by atoms with Crippen molar-refractivity contribution in [3.63, 3.8) is 0 Å². The predicted molar refractivity (Wildman–Crippen MR) is 99.3 cm³/mol. The monoisotopic (exact) mass is 344 g/mol. The fourth-order valence-electron chi connectivity index (χ4n) is 3.98. The summed E-state index contributed by atoms with van der Waals surface area (Å²) in [5.74, 6) is 0.870. The largest absolute Gasteiger partial charge is 0.304 e. The van der Waals surface area contributed by atoms with Crippen LogP contribution in [0.3, 0.4) is 0 Å². The molecule has 0 radical (unpaired) electrons. The maximum Gasteiger partial charge on any atom is 0.0377 e. The van der Waals surface area contributed by atoms with E-state index in [-0.39, 0.29) is 24.8 Å². The lowest BCUT2D eigenvalue weighted by atomic mass is 9.80. The third-order valence-corrected chi connectivity index (χ3v) is 5.17. The van der Waals surface area contributed by atoms with Crippen LogP contribution in [-0.2, 0) is 0 Å². The van der Waals surface area contributed by atoms with Crippen molar-refractivity contribution in [1.82, 2.24) is 9.80 Å². The highest BCUT2D eigenvalue weighted by Crippen LogP contribution is 2.38. The third kappa shape index (κ3) is 4.86. The molecule has 0 bridgehead atoms. The van der Waals surface area contributed by atoms with Gasteiger partial charge in [-0.15, -0.1) is 24.8 Å². The summed E-state index contributed by atoms with van der Waals surface area (Å²) in [6.45, 7) is 4.89. The maximum atomic E-state index is 2.76. The fraction of sp³-hybridized carbons (Fsp3) is 0.667. The van der Waals surface area contributed by atoms with Gasteiger partial charge in [0.1, 0.15) is 0 Å². The first kappa shape index (κ1) is 19.8. The van der Waals surface area contributed by atoms with E-state index in [4.69, 9.17) is 0 Å². The number of piperazine rings is 1. The van der Waals surface area contributed by atoms with Crippen LogP contribution in [0.25, 0.3) is 0 Å². The summed E-state index contributed by atoms with van der Waals surface area (Å²) in [5, 5.41) is 0. The van der Waals surface area contributed by atoms with E-state index in [1.807, 2.05) is 0 Å². The molecule has 3 rings (SSSR count). The Morgan fingerprint density at radius 1 is 0.864 bits per heavy atom. The minimum Gasteiger partial charge on any atom is -0.304 e. The van der Waals surface area contributed by atoms with Gasteiger partial charge in [0.2, 0.25) is 0 Å². The number of hydrogen-bond acceptors (Lipinski definition) is 2. The highest BCUT2D eigenvalue weighted by atomic mass is 35.5.